The Balaban J connectivity index is 2.39. The van der Waals surface area contributed by atoms with Crippen LogP contribution < -0.4 is 5.73 Å². The second-order valence-electron chi connectivity index (χ2n) is 5.70. The van der Waals surface area contributed by atoms with Crippen LogP contribution in [0.3, 0.4) is 0 Å². The number of nitrogen functional groups attached to an aromatic ring is 1. The zero-order valence-electron chi connectivity index (χ0n) is 11.9. The van der Waals surface area contributed by atoms with E-state index in [2.05, 4.69) is 35.3 Å². The maximum atomic E-state index is 6.09. The summed E-state index contributed by atoms with van der Waals surface area (Å²) >= 11 is 0. The SMILES string of the molecule is Cc1nc(N)c2c(C)c(C)n(C3(C)CCOC3)c2n1. The third-order valence-electron chi connectivity index (χ3n) is 4.23. The van der Waals surface area contributed by atoms with E-state index in [0.717, 1.165) is 30.7 Å². The highest BCUT2D eigenvalue weighted by molar-refractivity contribution is 5.91. The molecular weight excluding hydrogens is 240 g/mol. The molecule has 19 heavy (non-hydrogen) atoms. The van der Waals surface area contributed by atoms with Crippen LogP contribution in [0, 0.1) is 20.8 Å². The Bertz CT molecular complexity index is 653. The molecule has 0 bridgehead atoms. The second-order valence-corrected chi connectivity index (χ2v) is 5.70. The topological polar surface area (TPSA) is 66.0 Å². The van der Waals surface area contributed by atoms with Crippen molar-refractivity contribution in [3.63, 3.8) is 0 Å². The normalized spacial score (nSPS) is 23.4. The first-order valence-corrected chi connectivity index (χ1v) is 6.64. The predicted molar refractivity (Wildman–Crippen MR) is 75.2 cm³/mol. The zero-order valence-corrected chi connectivity index (χ0v) is 11.9. The highest BCUT2D eigenvalue weighted by Gasteiger charge is 2.35. The highest BCUT2D eigenvalue weighted by atomic mass is 16.5. The molecule has 102 valence electrons. The summed E-state index contributed by atoms with van der Waals surface area (Å²) in [6, 6.07) is 0. The minimum Gasteiger partial charge on any atom is -0.383 e. The molecule has 1 fully saturated rings. The van der Waals surface area contributed by atoms with Crippen molar-refractivity contribution in [3.8, 4) is 0 Å². The molecule has 0 radical (unpaired) electrons. The van der Waals surface area contributed by atoms with Crippen molar-refractivity contribution >= 4 is 16.9 Å². The van der Waals surface area contributed by atoms with Gasteiger partial charge in [0, 0.05) is 12.3 Å². The molecule has 3 heterocycles. The van der Waals surface area contributed by atoms with Gasteiger partial charge < -0.3 is 15.0 Å². The number of nitrogens with two attached hydrogens (primary N) is 1. The van der Waals surface area contributed by atoms with Crippen LogP contribution in [0.25, 0.3) is 11.0 Å². The van der Waals surface area contributed by atoms with Crippen molar-refractivity contribution in [1.29, 1.82) is 0 Å². The lowest BCUT2D eigenvalue weighted by Gasteiger charge is -2.27. The number of hydrogen-bond acceptors (Lipinski definition) is 4. The summed E-state index contributed by atoms with van der Waals surface area (Å²) in [4.78, 5) is 8.91. The lowest BCUT2D eigenvalue weighted by Crippen LogP contribution is -2.31. The van der Waals surface area contributed by atoms with Gasteiger partial charge in [0.1, 0.15) is 17.3 Å². The van der Waals surface area contributed by atoms with Gasteiger partial charge in [-0.25, -0.2) is 9.97 Å². The van der Waals surface area contributed by atoms with E-state index < -0.39 is 0 Å². The smallest absolute Gasteiger partial charge is 0.146 e. The monoisotopic (exact) mass is 260 g/mol. The molecule has 0 aliphatic carbocycles. The first kappa shape index (κ1) is 12.4. The fourth-order valence-corrected chi connectivity index (χ4v) is 3.10. The van der Waals surface area contributed by atoms with Crippen LogP contribution in [0.5, 0.6) is 0 Å². The molecular formula is C14H20N4O. The summed E-state index contributed by atoms with van der Waals surface area (Å²) < 4.78 is 7.88. The molecule has 1 unspecified atom stereocenters. The van der Waals surface area contributed by atoms with Crippen molar-refractivity contribution < 1.29 is 4.74 Å². The fraction of sp³-hybridized carbons (Fsp3) is 0.571. The molecule has 1 aliphatic rings. The summed E-state index contributed by atoms with van der Waals surface area (Å²) in [7, 11) is 0. The van der Waals surface area contributed by atoms with E-state index in [1.807, 2.05) is 6.92 Å². The Kier molecular flexibility index (Phi) is 2.57. The number of aryl methyl sites for hydroxylation is 2. The first-order valence-electron chi connectivity index (χ1n) is 6.64. The van der Waals surface area contributed by atoms with Crippen LogP contribution in [-0.2, 0) is 10.3 Å². The predicted octanol–water partition coefficient (Wildman–Crippen LogP) is 2.07. The average Bonchev–Trinajstić information content (AvgIpc) is 2.84. The third-order valence-corrected chi connectivity index (χ3v) is 4.23. The molecule has 0 saturated carbocycles. The zero-order chi connectivity index (χ0) is 13.8. The molecule has 2 N–H and O–H groups in total. The molecule has 5 heteroatoms. The van der Waals surface area contributed by atoms with Crippen LogP contribution in [0.1, 0.15) is 30.4 Å². The van der Waals surface area contributed by atoms with Crippen molar-refractivity contribution in [3.05, 3.63) is 17.1 Å². The van der Waals surface area contributed by atoms with Crippen LogP contribution in [0.15, 0.2) is 0 Å². The second kappa shape index (κ2) is 3.93. The highest BCUT2D eigenvalue weighted by Crippen LogP contribution is 2.36. The Morgan fingerprint density at radius 1 is 1.26 bits per heavy atom. The number of nitrogens with zero attached hydrogens (tertiary/aromatic N) is 3. The van der Waals surface area contributed by atoms with Crippen molar-refractivity contribution in [2.45, 2.75) is 39.7 Å². The van der Waals surface area contributed by atoms with E-state index in [9.17, 15) is 0 Å². The van der Waals surface area contributed by atoms with E-state index in [1.165, 1.54) is 11.3 Å². The van der Waals surface area contributed by atoms with Gasteiger partial charge in [-0.05, 0) is 39.7 Å². The minimum atomic E-state index is -0.0379. The van der Waals surface area contributed by atoms with Gasteiger partial charge in [0.25, 0.3) is 0 Å². The summed E-state index contributed by atoms with van der Waals surface area (Å²) in [5.41, 5.74) is 9.36. The van der Waals surface area contributed by atoms with Gasteiger partial charge in [-0.3, -0.25) is 0 Å². The lowest BCUT2D eigenvalue weighted by molar-refractivity contribution is 0.162. The maximum Gasteiger partial charge on any atom is 0.146 e. The number of rotatable bonds is 1. The summed E-state index contributed by atoms with van der Waals surface area (Å²) in [6.45, 7) is 9.83. The first-order chi connectivity index (χ1) is 8.94. The molecule has 3 rings (SSSR count). The molecule has 0 spiro atoms. The van der Waals surface area contributed by atoms with E-state index in [4.69, 9.17) is 10.5 Å². The van der Waals surface area contributed by atoms with Crippen LogP contribution in [-0.4, -0.2) is 27.7 Å². The van der Waals surface area contributed by atoms with Gasteiger partial charge in [0.05, 0.1) is 17.5 Å². The van der Waals surface area contributed by atoms with Gasteiger partial charge in [-0.15, -0.1) is 0 Å². The number of fused-ring (bicyclic) bond motifs is 1. The molecule has 2 aromatic rings. The van der Waals surface area contributed by atoms with Crippen molar-refractivity contribution in [2.24, 2.45) is 0 Å². The van der Waals surface area contributed by atoms with E-state index in [-0.39, 0.29) is 5.54 Å². The molecule has 5 nitrogen and oxygen atoms in total. The molecule has 0 amide bonds. The van der Waals surface area contributed by atoms with E-state index in [0.29, 0.717) is 11.6 Å². The number of anilines is 1. The molecule has 1 aliphatic heterocycles. The summed E-state index contributed by atoms with van der Waals surface area (Å²) in [5, 5.41) is 0.983. The van der Waals surface area contributed by atoms with Crippen LogP contribution in [0.2, 0.25) is 0 Å². The van der Waals surface area contributed by atoms with E-state index in [1.54, 1.807) is 0 Å². The lowest BCUT2D eigenvalue weighted by atomic mass is 10.0. The van der Waals surface area contributed by atoms with Crippen molar-refractivity contribution in [1.82, 2.24) is 14.5 Å². The quantitative estimate of drug-likeness (QED) is 0.852. The average molecular weight is 260 g/mol. The van der Waals surface area contributed by atoms with Gasteiger partial charge in [-0.1, -0.05) is 0 Å². The van der Waals surface area contributed by atoms with Crippen LogP contribution in [0.4, 0.5) is 5.82 Å². The standard InChI is InChI=1S/C14H20N4O/c1-8-9(2)18(14(4)5-6-19-7-14)13-11(8)12(15)16-10(3)17-13/h5-7H2,1-4H3,(H2,15,16,17). The Morgan fingerprint density at radius 3 is 2.63 bits per heavy atom. The number of ether oxygens (including phenoxy) is 1. The molecule has 0 aromatic carbocycles. The Labute approximate surface area is 112 Å². The summed E-state index contributed by atoms with van der Waals surface area (Å²) in [5.74, 6) is 1.29. The molecule has 1 saturated heterocycles. The fourth-order valence-electron chi connectivity index (χ4n) is 3.10. The number of aromatic nitrogens is 3. The summed E-state index contributed by atoms with van der Waals surface area (Å²) in [6.07, 6.45) is 1.00. The largest absolute Gasteiger partial charge is 0.383 e. The Morgan fingerprint density at radius 2 is 2.00 bits per heavy atom. The van der Waals surface area contributed by atoms with Crippen LogP contribution >= 0.6 is 0 Å². The third kappa shape index (κ3) is 1.64. The van der Waals surface area contributed by atoms with E-state index >= 15 is 0 Å². The molecule has 1 atom stereocenters. The minimum absolute atomic E-state index is 0.0379. The van der Waals surface area contributed by atoms with Gasteiger partial charge in [0.2, 0.25) is 0 Å². The van der Waals surface area contributed by atoms with Gasteiger partial charge in [-0.2, -0.15) is 0 Å². The molecule has 2 aromatic heterocycles. The van der Waals surface area contributed by atoms with Gasteiger partial charge in [0.15, 0.2) is 0 Å². The van der Waals surface area contributed by atoms with Crippen molar-refractivity contribution in [2.75, 3.05) is 18.9 Å². The Hall–Kier alpha value is -1.62. The number of hydrogen-bond donors (Lipinski definition) is 1. The van der Waals surface area contributed by atoms with Gasteiger partial charge >= 0.3 is 0 Å². The maximum absolute atomic E-state index is 6.09.